The number of nitrogens with one attached hydrogen (secondary N) is 2. The summed E-state index contributed by atoms with van der Waals surface area (Å²) in [6.45, 7) is 7.77. The molecule has 9 nitrogen and oxygen atoms in total. The second kappa shape index (κ2) is 13.1. The summed E-state index contributed by atoms with van der Waals surface area (Å²) in [6.07, 6.45) is 1.28. The molecule has 37 heavy (non-hydrogen) atoms. The van der Waals surface area contributed by atoms with Gasteiger partial charge in [0.15, 0.2) is 0 Å². The molecule has 2 aromatic carbocycles. The van der Waals surface area contributed by atoms with Gasteiger partial charge >= 0.3 is 0 Å². The highest BCUT2D eigenvalue weighted by Gasteiger charge is 2.23. The Bertz CT molecular complexity index is 1100. The standard InChI is InChI=1S/C28H36N4O5/c1-17(2)13-19(15-33)29-25(35)21-9-5-7-11-23(21)27-31-32-28(37-27)24-12-8-6-10-22(24)26(36)30-20(16-34)14-18(3)4/h5-12,17-20,33-34H,13-16H2,1-4H3,(H,29,35)(H,30,36)/t19-,20-/m0/s1. The largest absolute Gasteiger partial charge is 0.416 e. The van der Waals surface area contributed by atoms with E-state index < -0.39 is 0 Å². The third-order valence-corrected chi connectivity index (χ3v) is 5.85. The number of aliphatic hydroxyl groups excluding tert-OH is 2. The molecule has 198 valence electrons. The number of rotatable bonds is 12. The quantitative estimate of drug-likeness (QED) is 0.293. The molecule has 1 heterocycles. The van der Waals surface area contributed by atoms with Crippen molar-refractivity contribution in [3.05, 3.63) is 59.7 Å². The van der Waals surface area contributed by atoms with Crippen LogP contribution in [-0.2, 0) is 0 Å². The zero-order valence-electron chi connectivity index (χ0n) is 21.8. The minimum atomic E-state index is -0.373. The summed E-state index contributed by atoms with van der Waals surface area (Å²) in [6, 6.07) is 13.0. The van der Waals surface area contributed by atoms with E-state index in [1.807, 2.05) is 27.7 Å². The summed E-state index contributed by atoms with van der Waals surface area (Å²) >= 11 is 0. The van der Waals surface area contributed by atoms with Gasteiger partial charge < -0.3 is 25.3 Å². The fraction of sp³-hybridized carbons (Fsp3) is 0.429. The van der Waals surface area contributed by atoms with E-state index in [4.69, 9.17) is 4.42 Å². The van der Waals surface area contributed by atoms with Gasteiger partial charge in [-0.3, -0.25) is 9.59 Å². The van der Waals surface area contributed by atoms with E-state index >= 15 is 0 Å². The molecule has 3 aromatic rings. The van der Waals surface area contributed by atoms with Gasteiger partial charge in [-0.05, 0) is 48.9 Å². The number of amides is 2. The molecular formula is C28H36N4O5. The topological polar surface area (TPSA) is 138 Å². The van der Waals surface area contributed by atoms with Crippen molar-refractivity contribution >= 4 is 11.8 Å². The Hall–Kier alpha value is -3.56. The maximum Gasteiger partial charge on any atom is 0.252 e. The number of benzene rings is 2. The van der Waals surface area contributed by atoms with Crippen molar-refractivity contribution < 1.29 is 24.2 Å². The fourth-order valence-corrected chi connectivity index (χ4v) is 4.20. The zero-order valence-corrected chi connectivity index (χ0v) is 21.8. The van der Waals surface area contributed by atoms with Gasteiger partial charge in [-0.2, -0.15) is 0 Å². The van der Waals surface area contributed by atoms with E-state index in [-0.39, 0.29) is 48.9 Å². The molecule has 0 spiro atoms. The number of carbonyl (C=O) groups is 2. The van der Waals surface area contributed by atoms with E-state index in [1.54, 1.807) is 48.5 Å². The first kappa shape index (κ1) is 28.0. The molecule has 0 aliphatic heterocycles. The molecule has 0 bridgehead atoms. The molecule has 0 aliphatic rings. The summed E-state index contributed by atoms with van der Waals surface area (Å²) in [4.78, 5) is 26.1. The first-order chi connectivity index (χ1) is 17.7. The number of nitrogens with zero attached hydrogens (tertiary/aromatic N) is 2. The Morgan fingerprint density at radius 3 is 1.46 bits per heavy atom. The van der Waals surface area contributed by atoms with Crippen molar-refractivity contribution in [1.82, 2.24) is 20.8 Å². The van der Waals surface area contributed by atoms with Crippen LogP contribution in [0.4, 0.5) is 0 Å². The normalized spacial score (nSPS) is 13.0. The summed E-state index contributed by atoms with van der Waals surface area (Å²) in [5.41, 5.74) is 1.56. The maximum absolute atomic E-state index is 13.0. The molecule has 2 atom stereocenters. The molecule has 1 aromatic heterocycles. The first-order valence-corrected chi connectivity index (χ1v) is 12.6. The Balaban J connectivity index is 1.88. The van der Waals surface area contributed by atoms with Gasteiger partial charge in [0.25, 0.3) is 11.8 Å². The third kappa shape index (κ3) is 7.47. The molecule has 3 rings (SSSR count). The molecule has 2 amide bonds. The monoisotopic (exact) mass is 508 g/mol. The summed E-state index contributed by atoms with van der Waals surface area (Å²) in [5.74, 6) is 0.176. The van der Waals surface area contributed by atoms with Crippen LogP contribution in [0.3, 0.4) is 0 Å². The molecule has 0 radical (unpaired) electrons. The molecular weight excluding hydrogens is 472 g/mol. The Labute approximate surface area is 217 Å². The summed E-state index contributed by atoms with van der Waals surface area (Å²) in [7, 11) is 0. The van der Waals surface area contributed by atoms with E-state index in [0.29, 0.717) is 46.9 Å². The number of carbonyl (C=O) groups excluding carboxylic acids is 2. The van der Waals surface area contributed by atoms with E-state index in [2.05, 4.69) is 20.8 Å². The van der Waals surface area contributed by atoms with E-state index in [0.717, 1.165) is 0 Å². The van der Waals surface area contributed by atoms with Gasteiger partial charge in [0.2, 0.25) is 11.8 Å². The van der Waals surface area contributed by atoms with Crippen LogP contribution in [0.25, 0.3) is 22.9 Å². The third-order valence-electron chi connectivity index (χ3n) is 5.85. The predicted molar refractivity (Wildman–Crippen MR) is 141 cm³/mol. The lowest BCUT2D eigenvalue weighted by Gasteiger charge is -2.19. The first-order valence-electron chi connectivity index (χ1n) is 12.6. The Morgan fingerprint density at radius 1 is 0.730 bits per heavy atom. The van der Waals surface area contributed by atoms with Gasteiger partial charge in [-0.15, -0.1) is 10.2 Å². The summed E-state index contributed by atoms with van der Waals surface area (Å²) < 4.78 is 5.95. The molecule has 0 aliphatic carbocycles. The minimum absolute atomic E-state index is 0.133. The lowest BCUT2D eigenvalue weighted by molar-refractivity contribution is 0.0901. The average Bonchev–Trinajstić information content (AvgIpc) is 3.37. The zero-order chi connectivity index (χ0) is 26.9. The highest BCUT2D eigenvalue weighted by atomic mass is 16.4. The van der Waals surface area contributed by atoms with Crippen molar-refractivity contribution in [3.63, 3.8) is 0 Å². The van der Waals surface area contributed by atoms with Crippen LogP contribution in [0.5, 0.6) is 0 Å². The smallest absolute Gasteiger partial charge is 0.252 e. The highest BCUT2D eigenvalue weighted by molar-refractivity contribution is 6.01. The maximum atomic E-state index is 13.0. The van der Waals surface area contributed by atoms with Crippen LogP contribution >= 0.6 is 0 Å². The van der Waals surface area contributed by atoms with Crippen LogP contribution in [0, 0.1) is 11.8 Å². The van der Waals surface area contributed by atoms with Gasteiger partial charge in [-0.25, -0.2) is 0 Å². The molecule has 4 N–H and O–H groups in total. The van der Waals surface area contributed by atoms with Crippen molar-refractivity contribution in [3.8, 4) is 22.9 Å². The number of aromatic nitrogens is 2. The highest BCUT2D eigenvalue weighted by Crippen LogP contribution is 2.28. The van der Waals surface area contributed by atoms with E-state index in [1.165, 1.54) is 0 Å². The van der Waals surface area contributed by atoms with Crippen LogP contribution in [0.15, 0.2) is 52.9 Å². The summed E-state index contributed by atoms with van der Waals surface area (Å²) in [5, 5.41) is 33.4. The van der Waals surface area contributed by atoms with Crippen LogP contribution in [-0.4, -0.2) is 57.5 Å². The lowest BCUT2D eigenvalue weighted by atomic mass is 10.0. The predicted octanol–water partition coefficient (Wildman–Crippen LogP) is 3.68. The van der Waals surface area contributed by atoms with Gasteiger partial charge in [0.1, 0.15) is 0 Å². The molecule has 0 saturated carbocycles. The van der Waals surface area contributed by atoms with Crippen LogP contribution in [0.1, 0.15) is 61.3 Å². The second-order valence-electron chi connectivity index (χ2n) is 9.97. The molecule has 0 fully saturated rings. The van der Waals surface area contributed by atoms with Crippen LogP contribution < -0.4 is 10.6 Å². The van der Waals surface area contributed by atoms with Crippen LogP contribution in [0.2, 0.25) is 0 Å². The van der Waals surface area contributed by atoms with Crippen molar-refractivity contribution in [1.29, 1.82) is 0 Å². The number of aliphatic hydroxyl groups is 2. The molecule has 0 unspecified atom stereocenters. The van der Waals surface area contributed by atoms with Crippen molar-refractivity contribution in [2.75, 3.05) is 13.2 Å². The minimum Gasteiger partial charge on any atom is -0.416 e. The average molecular weight is 509 g/mol. The van der Waals surface area contributed by atoms with Crippen molar-refractivity contribution in [2.45, 2.75) is 52.6 Å². The number of hydrogen-bond donors (Lipinski definition) is 4. The Kier molecular flexibility index (Phi) is 9.93. The second-order valence-corrected chi connectivity index (χ2v) is 9.97. The Morgan fingerprint density at radius 2 is 1.11 bits per heavy atom. The fourth-order valence-electron chi connectivity index (χ4n) is 4.20. The lowest BCUT2D eigenvalue weighted by Crippen LogP contribution is -2.38. The van der Waals surface area contributed by atoms with Gasteiger partial charge in [0, 0.05) is 0 Å². The van der Waals surface area contributed by atoms with E-state index in [9.17, 15) is 19.8 Å². The molecule has 0 saturated heterocycles. The number of hydrogen-bond acceptors (Lipinski definition) is 7. The SMILES string of the molecule is CC(C)C[C@@H](CO)NC(=O)c1ccccc1-c1nnc(-c2ccccc2C(=O)N[C@H](CO)CC(C)C)o1. The molecule has 9 heteroatoms. The van der Waals surface area contributed by atoms with Gasteiger partial charge in [0.05, 0.1) is 47.6 Å². The van der Waals surface area contributed by atoms with Crippen molar-refractivity contribution in [2.24, 2.45) is 11.8 Å². The van der Waals surface area contributed by atoms with Gasteiger partial charge in [-0.1, -0.05) is 52.0 Å².